The van der Waals surface area contributed by atoms with E-state index in [0.717, 1.165) is 5.56 Å². The molecule has 0 unspecified atom stereocenters. The van der Waals surface area contributed by atoms with Gasteiger partial charge in [0.1, 0.15) is 4.90 Å². The van der Waals surface area contributed by atoms with Crippen LogP contribution in [-0.2, 0) is 10.0 Å². The molecule has 1 heterocycles. The van der Waals surface area contributed by atoms with Gasteiger partial charge < -0.3 is 0 Å². The normalized spacial score (nSPS) is 11.3. The Balaban J connectivity index is 2.43. The summed E-state index contributed by atoms with van der Waals surface area (Å²) in [6, 6.07) is 6.49. The number of nitrogens with zero attached hydrogens (tertiary/aromatic N) is 1. The lowest BCUT2D eigenvalue weighted by atomic mass is 10.2. The van der Waals surface area contributed by atoms with Crippen LogP contribution in [0.3, 0.4) is 0 Å². The van der Waals surface area contributed by atoms with Crippen molar-refractivity contribution in [3.05, 3.63) is 52.3 Å². The first kappa shape index (κ1) is 14.1. The minimum atomic E-state index is -3.81. The number of aryl methyl sites for hydroxylation is 1. The van der Waals surface area contributed by atoms with E-state index < -0.39 is 10.0 Å². The van der Waals surface area contributed by atoms with E-state index in [0.29, 0.717) is 10.7 Å². The van der Waals surface area contributed by atoms with Gasteiger partial charge in [-0.2, -0.15) is 0 Å². The lowest BCUT2D eigenvalue weighted by molar-refractivity contribution is 0.601. The molecule has 1 aromatic carbocycles. The van der Waals surface area contributed by atoms with E-state index in [1.807, 2.05) is 0 Å². The van der Waals surface area contributed by atoms with Crippen molar-refractivity contribution < 1.29 is 8.42 Å². The minimum Gasteiger partial charge on any atom is -0.278 e. The summed E-state index contributed by atoms with van der Waals surface area (Å²) in [5, 5.41) is 0.456. The van der Waals surface area contributed by atoms with E-state index >= 15 is 0 Å². The maximum absolute atomic E-state index is 12.2. The molecule has 0 atom stereocenters. The highest BCUT2D eigenvalue weighted by atomic mass is 35.5. The molecule has 1 N–H and O–H groups in total. The fourth-order valence-electron chi connectivity index (χ4n) is 1.49. The van der Waals surface area contributed by atoms with Crippen LogP contribution in [0.4, 0.5) is 5.69 Å². The van der Waals surface area contributed by atoms with Crippen molar-refractivity contribution in [1.29, 1.82) is 0 Å². The number of aromatic nitrogens is 1. The monoisotopic (exact) mass is 316 g/mol. The summed E-state index contributed by atoms with van der Waals surface area (Å²) in [5.74, 6) is 0. The molecule has 1 aromatic heterocycles. The van der Waals surface area contributed by atoms with Gasteiger partial charge in [-0.25, -0.2) is 8.42 Å². The molecule has 0 bridgehead atoms. The maximum Gasteiger partial charge on any atom is 0.264 e. The van der Waals surface area contributed by atoms with Crippen molar-refractivity contribution in [3.8, 4) is 0 Å². The van der Waals surface area contributed by atoms with Crippen LogP contribution >= 0.6 is 23.2 Å². The topological polar surface area (TPSA) is 59.1 Å². The molecule has 19 heavy (non-hydrogen) atoms. The summed E-state index contributed by atoms with van der Waals surface area (Å²) in [4.78, 5) is 3.67. The molecular formula is C12H10Cl2N2O2S. The predicted molar refractivity (Wildman–Crippen MR) is 76.2 cm³/mol. The smallest absolute Gasteiger partial charge is 0.264 e. The summed E-state index contributed by atoms with van der Waals surface area (Å²) < 4.78 is 26.8. The zero-order chi connectivity index (χ0) is 14.0. The summed E-state index contributed by atoms with van der Waals surface area (Å²) in [7, 11) is -3.81. The molecule has 100 valence electrons. The lowest BCUT2D eigenvalue weighted by Gasteiger charge is -2.11. The summed E-state index contributed by atoms with van der Waals surface area (Å²) in [5.41, 5.74) is 1.08. The van der Waals surface area contributed by atoms with Gasteiger partial charge in [-0.05, 0) is 24.6 Å². The molecule has 0 aliphatic heterocycles. The maximum atomic E-state index is 12.2. The number of benzene rings is 1. The quantitative estimate of drug-likeness (QED) is 0.942. The first-order valence-electron chi connectivity index (χ1n) is 5.29. The van der Waals surface area contributed by atoms with E-state index in [2.05, 4.69) is 9.71 Å². The average Bonchev–Trinajstić information content (AvgIpc) is 2.35. The van der Waals surface area contributed by atoms with Crippen LogP contribution in [0.1, 0.15) is 5.56 Å². The Morgan fingerprint density at radius 2 is 1.95 bits per heavy atom. The first-order valence-corrected chi connectivity index (χ1v) is 7.53. The van der Waals surface area contributed by atoms with Crippen LogP contribution in [0.15, 0.2) is 41.6 Å². The second-order valence-electron chi connectivity index (χ2n) is 3.85. The highest BCUT2D eigenvalue weighted by molar-refractivity contribution is 7.92. The van der Waals surface area contributed by atoms with Crippen molar-refractivity contribution >= 4 is 38.9 Å². The molecule has 0 saturated carbocycles. The number of halogens is 2. The number of nitrogens with one attached hydrogen (secondary N) is 1. The molecule has 0 amide bonds. The number of hydrogen-bond donors (Lipinski definition) is 1. The van der Waals surface area contributed by atoms with Crippen LogP contribution in [0.2, 0.25) is 10.0 Å². The standard InChI is InChI=1S/C12H10Cl2N2O2S/c1-8-3-2-4-10(12(8)14)16-19(17,18)11-7-15-6-5-9(11)13/h2-7,16H,1H3. The van der Waals surface area contributed by atoms with Gasteiger partial charge >= 0.3 is 0 Å². The number of hydrogen-bond acceptors (Lipinski definition) is 3. The minimum absolute atomic E-state index is 0.0887. The molecule has 7 heteroatoms. The van der Waals surface area contributed by atoms with Gasteiger partial charge in [-0.1, -0.05) is 35.3 Å². The third kappa shape index (κ3) is 3.00. The Bertz CT molecular complexity index is 717. The Morgan fingerprint density at radius 3 is 2.63 bits per heavy atom. The SMILES string of the molecule is Cc1cccc(NS(=O)(=O)c2cnccc2Cl)c1Cl. The Morgan fingerprint density at radius 1 is 1.21 bits per heavy atom. The van der Waals surface area contributed by atoms with Crippen molar-refractivity contribution in [2.24, 2.45) is 0 Å². The van der Waals surface area contributed by atoms with Crippen molar-refractivity contribution in [1.82, 2.24) is 4.98 Å². The summed E-state index contributed by atoms with van der Waals surface area (Å²) in [6.07, 6.45) is 2.61. The Hall–Kier alpha value is -1.30. The molecule has 0 saturated heterocycles. The Kier molecular flexibility index (Phi) is 3.99. The van der Waals surface area contributed by atoms with E-state index in [1.165, 1.54) is 18.5 Å². The molecule has 0 fully saturated rings. The van der Waals surface area contributed by atoms with Gasteiger partial charge in [0.25, 0.3) is 10.0 Å². The number of sulfonamides is 1. The van der Waals surface area contributed by atoms with E-state index in [-0.39, 0.29) is 9.92 Å². The van der Waals surface area contributed by atoms with Gasteiger partial charge in [0.05, 0.1) is 15.7 Å². The molecule has 2 rings (SSSR count). The Labute approximate surface area is 121 Å². The fourth-order valence-corrected chi connectivity index (χ4v) is 3.22. The number of rotatable bonds is 3. The second kappa shape index (κ2) is 5.36. The lowest BCUT2D eigenvalue weighted by Crippen LogP contribution is -2.14. The van der Waals surface area contributed by atoms with Crippen molar-refractivity contribution in [2.75, 3.05) is 4.72 Å². The summed E-state index contributed by atoms with van der Waals surface area (Å²) >= 11 is 11.9. The molecule has 0 aliphatic rings. The average molecular weight is 317 g/mol. The number of anilines is 1. The van der Waals surface area contributed by atoms with Gasteiger partial charge in [-0.3, -0.25) is 9.71 Å². The molecular weight excluding hydrogens is 307 g/mol. The molecule has 0 spiro atoms. The second-order valence-corrected chi connectivity index (χ2v) is 6.28. The fraction of sp³-hybridized carbons (Fsp3) is 0.0833. The predicted octanol–water partition coefficient (Wildman–Crippen LogP) is 3.50. The largest absolute Gasteiger partial charge is 0.278 e. The molecule has 4 nitrogen and oxygen atoms in total. The van der Waals surface area contributed by atoms with Crippen LogP contribution < -0.4 is 4.72 Å². The highest BCUT2D eigenvalue weighted by Crippen LogP contribution is 2.28. The van der Waals surface area contributed by atoms with Gasteiger partial charge in [0.15, 0.2) is 0 Å². The molecule has 2 aromatic rings. The number of pyridine rings is 1. The van der Waals surface area contributed by atoms with Crippen LogP contribution in [0.5, 0.6) is 0 Å². The highest BCUT2D eigenvalue weighted by Gasteiger charge is 2.19. The van der Waals surface area contributed by atoms with Crippen molar-refractivity contribution in [3.63, 3.8) is 0 Å². The summed E-state index contributed by atoms with van der Waals surface area (Å²) in [6.45, 7) is 1.79. The van der Waals surface area contributed by atoms with E-state index in [4.69, 9.17) is 23.2 Å². The zero-order valence-corrected chi connectivity index (χ0v) is 12.2. The van der Waals surface area contributed by atoms with Gasteiger partial charge in [0, 0.05) is 12.4 Å². The van der Waals surface area contributed by atoms with E-state index in [9.17, 15) is 8.42 Å². The van der Waals surface area contributed by atoms with Crippen LogP contribution in [-0.4, -0.2) is 13.4 Å². The first-order chi connectivity index (χ1) is 8.92. The van der Waals surface area contributed by atoms with Crippen LogP contribution in [0, 0.1) is 6.92 Å². The van der Waals surface area contributed by atoms with Gasteiger partial charge in [0.2, 0.25) is 0 Å². The van der Waals surface area contributed by atoms with Gasteiger partial charge in [-0.15, -0.1) is 0 Å². The van der Waals surface area contributed by atoms with E-state index in [1.54, 1.807) is 25.1 Å². The third-order valence-electron chi connectivity index (χ3n) is 2.46. The molecule has 0 aliphatic carbocycles. The molecule has 0 radical (unpaired) electrons. The van der Waals surface area contributed by atoms with Crippen molar-refractivity contribution in [2.45, 2.75) is 11.8 Å². The zero-order valence-electron chi connectivity index (χ0n) is 9.89. The van der Waals surface area contributed by atoms with Crippen LogP contribution in [0.25, 0.3) is 0 Å². The third-order valence-corrected chi connectivity index (χ3v) is 4.80.